The smallest absolute Gasteiger partial charge is 0.338 e. The van der Waals surface area contributed by atoms with Gasteiger partial charge in [-0.2, -0.15) is 0 Å². The number of para-hydroxylation sites is 1. The van der Waals surface area contributed by atoms with Gasteiger partial charge in [0.25, 0.3) is 0 Å². The standard InChI is InChI=1S/C22H22N2O3S/c1-14-8-5-6-11-19(14)21(26)27-12-18-13-28-22(23-18)24(17(4)25)20-15(2)9-7-10-16(20)3/h5-11,13H,12H2,1-4H3. The maximum Gasteiger partial charge on any atom is 0.338 e. The summed E-state index contributed by atoms with van der Waals surface area (Å²) < 4.78 is 5.40. The molecule has 0 unspecified atom stereocenters. The molecule has 0 fully saturated rings. The highest BCUT2D eigenvalue weighted by Gasteiger charge is 2.21. The minimum absolute atomic E-state index is 0.0577. The highest BCUT2D eigenvalue weighted by Crippen LogP contribution is 2.33. The van der Waals surface area contributed by atoms with E-state index in [1.807, 2.05) is 56.5 Å². The van der Waals surface area contributed by atoms with Gasteiger partial charge in [0.1, 0.15) is 6.61 Å². The summed E-state index contributed by atoms with van der Waals surface area (Å²) in [5, 5.41) is 2.37. The van der Waals surface area contributed by atoms with Gasteiger partial charge in [0.2, 0.25) is 5.91 Å². The van der Waals surface area contributed by atoms with Crippen molar-refractivity contribution in [3.63, 3.8) is 0 Å². The predicted molar refractivity (Wildman–Crippen MR) is 111 cm³/mol. The zero-order valence-electron chi connectivity index (χ0n) is 16.4. The van der Waals surface area contributed by atoms with Gasteiger partial charge >= 0.3 is 5.97 Å². The number of nitrogens with zero attached hydrogens (tertiary/aromatic N) is 2. The van der Waals surface area contributed by atoms with Crippen LogP contribution in [0.3, 0.4) is 0 Å². The van der Waals surface area contributed by atoms with Gasteiger partial charge in [0.05, 0.1) is 16.9 Å². The van der Waals surface area contributed by atoms with Crippen LogP contribution in [0.25, 0.3) is 0 Å². The van der Waals surface area contributed by atoms with Gasteiger partial charge in [-0.3, -0.25) is 9.69 Å². The van der Waals surface area contributed by atoms with E-state index >= 15 is 0 Å². The number of aromatic nitrogens is 1. The van der Waals surface area contributed by atoms with Crippen LogP contribution in [0.2, 0.25) is 0 Å². The molecular weight excluding hydrogens is 372 g/mol. The zero-order chi connectivity index (χ0) is 20.3. The zero-order valence-corrected chi connectivity index (χ0v) is 17.2. The molecule has 0 atom stereocenters. The van der Waals surface area contributed by atoms with E-state index in [0.717, 1.165) is 22.4 Å². The molecule has 0 aliphatic heterocycles. The third-order valence-corrected chi connectivity index (χ3v) is 5.30. The summed E-state index contributed by atoms with van der Waals surface area (Å²) in [4.78, 5) is 30.8. The lowest BCUT2D eigenvalue weighted by molar-refractivity contribution is -0.115. The first-order valence-electron chi connectivity index (χ1n) is 8.92. The number of aryl methyl sites for hydroxylation is 3. The minimum atomic E-state index is -0.383. The van der Waals surface area contributed by atoms with Gasteiger partial charge in [-0.15, -0.1) is 11.3 Å². The summed E-state index contributed by atoms with van der Waals surface area (Å²) >= 11 is 1.35. The molecule has 0 aliphatic rings. The number of esters is 1. The van der Waals surface area contributed by atoms with Gasteiger partial charge < -0.3 is 4.74 Å². The molecule has 0 bridgehead atoms. The van der Waals surface area contributed by atoms with E-state index in [0.29, 0.717) is 16.4 Å². The highest BCUT2D eigenvalue weighted by atomic mass is 32.1. The maximum absolute atomic E-state index is 12.4. The molecule has 3 aromatic rings. The first-order valence-corrected chi connectivity index (χ1v) is 9.80. The molecule has 0 aliphatic carbocycles. The molecule has 144 valence electrons. The molecule has 0 N–H and O–H groups in total. The molecule has 0 saturated heterocycles. The van der Waals surface area contributed by atoms with Crippen LogP contribution in [0.1, 0.15) is 39.7 Å². The number of carbonyl (C=O) groups excluding carboxylic acids is 2. The van der Waals surface area contributed by atoms with Gasteiger partial charge in [-0.25, -0.2) is 9.78 Å². The average Bonchev–Trinajstić information content (AvgIpc) is 3.11. The van der Waals surface area contributed by atoms with Gasteiger partial charge in [0.15, 0.2) is 5.13 Å². The van der Waals surface area contributed by atoms with E-state index in [9.17, 15) is 9.59 Å². The molecule has 1 amide bonds. The Balaban J connectivity index is 1.79. The Hall–Kier alpha value is -2.99. The van der Waals surface area contributed by atoms with Crippen molar-refractivity contribution in [1.82, 2.24) is 4.98 Å². The second kappa shape index (κ2) is 8.35. The van der Waals surface area contributed by atoms with Crippen LogP contribution >= 0.6 is 11.3 Å². The molecule has 0 spiro atoms. The first kappa shape index (κ1) is 19.8. The van der Waals surface area contributed by atoms with E-state index in [-0.39, 0.29) is 18.5 Å². The predicted octanol–water partition coefficient (Wildman–Crippen LogP) is 5.11. The first-order chi connectivity index (χ1) is 13.4. The number of thiazole rings is 1. The van der Waals surface area contributed by atoms with Crippen LogP contribution < -0.4 is 4.90 Å². The number of benzene rings is 2. The molecule has 5 nitrogen and oxygen atoms in total. The third-order valence-electron chi connectivity index (χ3n) is 4.43. The fourth-order valence-electron chi connectivity index (χ4n) is 3.03. The normalized spacial score (nSPS) is 10.6. The molecule has 1 heterocycles. The molecule has 6 heteroatoms. The number of rotatable bonds is 5. The molecule has 0 saturated carbocycles. The Morgan fingerprint density at radius 3 is 2.29 bits per heavy atom. The van der Waals surface area contributed by atoms with Crippen molar-refractivity contribution in [1.29, 1.82) is 0 Å². The molecule has 2 aromatic carbocycles. The van der Waals surface area contributed by atoms with Crippen molar-refractivity contribution in [3.05, 3.63) is 75.8 Å². The van der Waals surface area contributed by atoms with Crippen LogP contribution in [0.5, 0.6) is 0 Å². The SMILES string of the molecule is CC(=O)N(c1nc(COC(=O)c2ccccc2C)cs1)c1c(C)cccc1C. The summed E-state index contributed by atoms with van der Waals surface area (Å²) in [5.74, 6) is -0.499. The molecule has 3 rings (SSSR count). The van der Waals surface area contributed by atoms with Crippen LogP contribution in [-0.2, 0) is 16.1 Å². The number of hydrogen-bond acceptors (Lipinski definition) is 5. The van der Waals surface area contributed by atoms with Crippen LogP contribution in [0.15, 0.2) is 47.8 Å². The van der Waals surface area contributed by atoms with E-state index in [4.69, 9.17) is 4.74 Å². The Morgan fingerprint density at radius 1 is 1.00 bits per heavy atom. The molecule has 1 aromatic heterocycles. The molecular formula is C22H22N2O3S. The Morgan fingerprint density at radius 2 is 1.64 bits per heavy atom. The lowest BCUT2D eigenvalue weighted by atomic mass is 10.1. The Bertz CT molecular complexity index is 1010. The fraction of sp³-hybridized carbons (Fsp3) is 0.227. The summed E-state index contributed by atoms with van der Waals surface area (Å²) in [5.41, 5.74) is 4.85. The van der Waals surface area contributed by atoms with Crippen molar-refractivity contribution < 1.29 is 14.3 Å². The maximum atomic E-state index is 12.4. The lowest BCUT2D eigenvalue weighted by Gasteiger charge is -2.22. The van der Waals surface area contributed by atoms with Crippen LogP contribution in [-0.4, -0.2) is 16.9 Å². The number of anilines is 2. The second-order valence-corrected chi connectivity index (χ2v) is 7.44. The number of carbonyl (C=O) groups is 2. The molecule has 0 radical (unpaired) electrons. The van der Waals surface area contributed by atoms with Crippen molar-refractivity contribution in [2.24, 2.45) is 0 Å². The average molecular weight is 394 g/mol. The van der Waals surface area contributed by atoms with Gasteiger partial charge in [-0.1, -0.05) is 36.4 Å². The Labute approximate surface area is 168 Å². The van der Waals surface area contributed by atoms with E-state index in [2.05, 4.69) is 4.98 Å². The van der Waals surface area contributed by atoms with E-state index < -0.39 is 0 Å². The van der Waals surface area contributed by atoms with E-state index in [1.54, 1.807) is 17.0 Å². The van der Waals surface area contributed by atoms with Crippen LogP contribution in [0, 0.1) is 20.8 Å². The van der Waals surface area contributed by atoms with Crippen molar-refractivity contribution >= 4 is 34.0 Å². The minimum Gasteiger partial charge on any atom is -0.456 e. The largest absolute Gasteiger partial charge is 0.456 e. The molecule has 28 heavy (non-hydrogen) atoms. The lowest BCUT2D eigenvalue weighted by Crippen LogP contribution is -2.24. The number of hydrogen-bond donors (Lipinski definition) is 0. The Kier molecular flexibility index (Phi) is 5.90. The highest BCUT2D eigenvalue weighted by molar-refractivity contribution is 7.14. The topological polar surface area (TPSA) is 59.5 Å². The van der Waals surface area contributed by atoms with Gasteiger partial charge in [-0.05, 0) is 43.5 Å². The van der Waals surface area contributed by atoms with Crippen LogP contribution in [0.4, 0.5) is 10.8 Å². The summed E-state index contributed by atoms with van der Waals surface area (Å²) in [6.07, 6.45) is 0. The monoisotopic (exact) mass is 394 g/mol. The number of amides is 1. The fourth-order valence-corrected chi connectivity index (χ4v) is 3.89. The second-order valence-electron chi connectivity index (χ2n) is 6.61. The van der Waals surface area contributed by atoms with Crippen molar-refractivity contribution in [2.75, 3.05) is 4.90 Å². The summed E-state index contributed by atoms with van der Waals surface area (Å²) in [6.45, 7) is 7.38. The quantitative estimate of drug-likeness (QED) is 0.564. The number of ether oxygens (including phenoxy) is 1. The van der Waals surface area contributed by atoms with Crippen molar-refractivity contribution in [2.45, 2.75) is 34.3 Å². The van der Waals surface area contributed by atoms with E-state index in [1.165, 1.54) is 18.3 Å². The van der Waals surface area contributed by atoms with Gasteiger partial charge in [0, 0.05) is 12.3 Å². The summed E-state index contributed by atoms with van der Waals surface area (Å²) in [7, 11) is 0. The summed E-state index contributed by atoms with van der Waals surface area (Å²) in [6, 6.07) is 13.2. The van der Waals surface area contributed by atoms with Crippen molar-refractivity contribution in [3.8, 4) is 0 Å². The third kappa shape index (κ3) is 4.12.